The number of hydrogen-bond acceptors (Lipinski definition) is 5. The third-order valence-corrected chi connectivity index (χ3v) is 2.91. The molecule has 1 aromatic heterocycles. The van der Waals surface area contributed by atoms with Crippen molar-refractivity contribution in [3.05, 3.63) is 5.01 Å². The molecule has 0 amide bonds. The van der Waals surface area contributed by atoms with Crippen LogP contribution in [0.2, 0.25) is 0 Å². The summed E-state index contributed by atoms with van der Waals surface area (Å²) >= 11 is 1.65. The standard InChI is InChI=1S/C8H13N3OS/c1-7-9-10-8(13-7)11-3-2-5-12-6-4-11/h2-6H2,1H3. The summed E-state index contributed by atoms with van der Waals surface area (Å²) in [6.07, 6.45) is 1.08. The molecule has 1 fully saturated rings. The summed E-state index contributed by atoms with van der Waals surface area (Å²) in [6.45, 7) is 5.63. The number of ether oxygens (including phenoxy) is 1. The van der Waals surface area contributed by atoms with Crippen LogP contribution in [0.1, 0.15) is 11.4 Å². The first-order valence-corrected chi connectivity index (χ1v) is 5.31. The molecule has 5 heteroatoms. The molecule has 1 aromatic rings. The molecule has 0 aromatic carbocycles. The molecule has 0 radical (unpaired) electrons. The molecule has 0 bridgehead atoms. The van der Waals surface area contributed by atoms with Crippen LogP contribution in [-0.2, 0) is 4.74 Å². The highest BCUT2D eigenvalue weighted by molar-refractivity contribution is 7.15. The van der Waals surface area contributed by atoms with Gasteiger partial charge < -0.3 is 9.64 Å². The van der Waals surface area contributed by atoms with E-state index in [0.717, 1.165) is 42.9 Å². The van der Waals surface area contributed by atoms with Crippen molar-refractivity contribution in [1.82, 2.24) is 10.2 Å². The van der Waals surface area contributed by atoms with Gasteiger partial charge in [0.05, 0.1) is 6.61 Å². The molecule has 0 unspecified atom stereocenters. The van der Waals surface area contributed by atoms with E-state index in [4.69, 9.17) is 4.74 Å². The number of hydrogen-bond donors (Lipinski definition) is 0. The molecule has 0 saturated carbocycles. The lowest BCUT2D eigenvalue weighted by Crippen LogP contribution is -2.25. The lowest BCUT2D eigenvalue weighted by Gasteiger charge is -2.16. The van der Waals surface area contributed by atoms with Crippen molar-refractivity contribution in [2.24, 2.45) is 0 Å². The van der Waals surface area contributed by atoms with E-state index in [1.165, 1.54) is 0 Å². The van der Waals surface area contributed by atoms with Crippen LogP contribution >= 0.6 is 11.3 Å². The summed E-state index contributed by atoms with van der Waals surface area (Å²) in [6, 6.07) is 0. The zero-order chi connectivity index (χ0) is 9.10. The van der Waals surface area contributed by atoms with Gasteiger partial charge in [0.15, 0.2) is 0 Å². The fraction of sp³-hybridized carbons (Fsp3) is 0.750. The second-order valence-corrected chi connectivity index (χ2v) is 4.22. The Balaban J connectivity index is 2.06. The van der Waals surface area contributed by atoms with Crippen molar-refractivity contribution in [2.75, 3.05) is 31.2 Å². The molecule has 72 valence electrons. The summed E-state index contributed by atoms with van der Waals surface area (Å²) < 4.78 is 5.37. The Morgan fingerprint density at radius 1 is 1.31 bits per heavy atom. The molecule has 1 saturated heterocycles. The van der Waals surface area contributed by atoms with Crippen LogP contribution in [0.4, 0.5) is 5.13 Å². The van der Waals surface area contributed by atoms with Crippen LogP contribution in [0.3, 0.4) is 0 Å². The summed E-state index contributed by atoms with van der Waals surface area (Å²) in [7, 11) is 0. The third-order valence-electron chi connectivity index (χ3n) is 2.01. The van der Waals surface area contributed by atoms with Crippen LogP contribution in [-0.4, -0.2) is 36.5 Å². The molecular formula is C8H13N3OS. The highest BCUT2D eigenvalue weighted by Crippen LogP contribution is 2.20. The van der Waals surface area contributed by atoms with Gasteiger partial charge in [0, 0.05) is 19.7 Å². The van der Waals surface area contributed by atoms with Crippen molar-refractivity contribution in [3.8, 4) is 0 Å². The van der Waals surface area contributed by atoms with Gasteiger partial charge >= 0.3 is 0 Å². The maximum atomic E-state index is 5.37. The largest absolute Gasteiger partial charge is 0.380 e. The molecule has 0 atom stereocenters. The maximum absolute atomic E-state index is 5.37. The van der Waals surface area contributed by atoms with Gasteiger partial charge in [-0.25, -0.2) is 0 Å². The Morgan fingerprint density at radius 3 is 3.00 bits per heavy atom. The minimum Gasteiger partial charge on any atom is -0.380 e. The highest BCUT2D eigenvalue weighted by atomic mass is 32.1. The van der Waals surface area contributed by atoms with E-state index < -0.39 is 0 Å². The van der Waals surface area contributed by atoms with Gasteiger partial charge in [-0.3, -0.25) is 0 Å². The van der Waals surface area contributed by atoms with Crippen LogP contribution < -0.4 is 4.90 Å². The van der Waals surface area contributed by atoms with E-state index in [-0.39, 0.29) is 0 Å². The van der Waals surface area contributed by atoms with Gasteiger partial charge in [-0.2, -0.15) is 0 Å². The third kappa shape index (κ3) is 2.16. The van der Waals surface area contributed by atoms with E-state index in [9.17, 15) is 0 Å². The molecular weight excluding hydrogens is 186 g/mol. The van der Waals surface area contributed by atoms with Crippen molar-refractivity contribution in [2.45, 2.75) is 13.3 Å². The minimum atomic E-state index is 0.804. The molecule has 2 rings (SSSR count). The first-order valence-electron chi connectivity index (χ1n) is 4.49. The summed E-state index contributed by atoms with van der Waals surface area (Å²) in [5, 5.41) is 10.2. The first kappa shape index (κ1) is 8.90. The second kappa shape index (κ2) is 4.02. The molecule has 0 N–H and O–H groups in total. The van der Waals surface area contributed by atoms with Crippen molar-refractivity contribution in [1.29, 1.82) is 0 Å². The molecule has 0 aliphatic carbocycles. The minimum absolute atomic E-state index is 0.804. The second-order valence-electron chi connectivity index (χ2n) is 3.06. The van der Waals surface area contributed by atoms with Crippen molar-refractivity contribution >= 4 is 16.5 Å². The number of aromatic nitrogens is 2. The van der Waals surface area contributed by atoms with Gasteiger partial charge in [0.2, 0.25) is 5.13 Å². The fourth-order valence-electron chi connectivity index (χ4n) is 1.35. The van der Waals surface area contributed by atoms with Crippen molar-refractivity contribution in [3.63, 3.8) is 0 Å². The molecule has 1 aliphatic heterocycles. The summed E-state index contributed by atoms with van der Waals surface area (Å²) in [4.78, 5) is 2.25. The van der Waals surface area contributed by atoms with Crippen LogP contribution in [0.25, 0.3) is 0 Å². The molecule has 13 heavy (non-hydrogen) atoms. The Kier molecular flexibility index (Phi) is 2.75. The van der Waals surface area contributed by atoms with Gasteiger partial charge in [-0.1, -0.05) is 11.3 Å². The molecule has 2 heterocycles. The first-order chi connectivity index (χ1) is 6.36. The zero-order valence-corrected chi connectivity index (χ0v) is 8.51. The quantitative estimate of drug-likeness (QED) is 0.678. The number of anilines is 1. The van der Waals surface area contributed by atoms with E-state index in [1.54, 1.807) is 11.3 Å². The normalized spacial score (nSPS) is 18.7. The average Bonchev–Trinajstić information content (AvgIpc) is 2.43. The maximum Gasteiger partial charge on any atom is 0.208 e. The molecule has 4 nitrogen and oxygen atoms in total. The zero-order valence-electron chi connectivity index (χ0n) is 7.69. The predicted octanol–water partition coefficient (Wildman–Crippen LogP) is 1.07. The van der Waals surface area contributed by atoms with Gasteiger partial charge in [-0.15, -0.1) is 10.2 Å². The van der Waals surface area contributed by atoms with E-state index in [1.807, 2.05) is 6.92 Å². The van der Waals surface area contributed by atoms with E-state index >= 15 is 0 Å². The predicted molar refractivity (Wildman–Crippen MR) is 52.3 cm³/mol. The molecule has 1 aliphatic rings. The van der Waals surface area contributed by atoms with Gasteiger partial charge in [0.25, 0.3) is 0 Å². The van der Waals surface area contributed by atoms with Gasteiger partial charge in [-0.05, 0) is 13.3 Å². The summed E-state index contributed by atoms with van der Waals surface area (Å²) in [5.41, 5.74) is 0. The fourth-order valence-corrected chi connectivity index (χ4v) is 2.09. The van der Waals surface area contributed by atoms with E-state index in [0.29, 0.717) is 0 Å². The molecule has 0 spiro atoms. The van der Waals surface area contributed by atoms with Crippen LogP contribution in [0.5, 0.6) is 0 Å². The van der Waals surface area contributed by atoms with E-state index in [2.05, 4.69) is 15.1 Å². The lowest BCUT2D eigenvalue weighted by molar-refractivity contribution is 0.152. The number of aryl methyl sites for hydroxylation is 1. The average molecular weight is 199 g/mol. The monoisotopic (exact) mass is 199 g/mol. The number of rotatable bonds is 1. The number of nitrogens with zero attached hydrogens (tertiary/aromatic N) is 3. The van der Waals surface area contributed by atoms with Gasteiger partial charge in [0.1, 0.15) is 5.01 Å². The summed E-state index contributed by atoms with van der Waals surface area (Å²) in [5.74, 6) is 0. The van der Waals surface area contributed by atoms with Crippen LogP contribution in [0, 0.1) is 6.92 Å². The van der Waals surface area contributed by atoms with Crippen LogP contribution in [0.15, 0.2) is 0 Å². The highest BCUT2D eigenvalue weighted by Gasteiger charge is 2.13. The Bertz CT molecular complexity index is 268. The topological polar surface area (TPSA) is 38.2 Å². The Labute approximate surface area is 81.5 Å². The Morgan fingerprint density at radius 2 is 2.23 bits per heavy atom. The lowest BCUT2D eigenvalue weighted by atomic mass is 10.4. The smallest absolute Gasteiger partial charge is 0.208 e. The van der Waals surface area contributed by atoms with Crippen molar-refractivity contribution < 1.29 is 4.74 Å². The SMILES string of the molecule is Cc1nnc(N2CCCOCC2)s1. The Hall–Kier alpha value is -0.680.